The fraction of sp³-hybridized carbons (Fsp3) is 0.211. The van der Waals surface area contributed by atoms with E-state index in [-0.39, 0.29) is 11.0 Å². The van der Waals surface area contributed by atoms with Crippen molar-refractivity contribution in [1.29, 1.82) is 5.26 Å². The van der Waals surface area contributed by atoms with E-state index in [1.165, 1.54) is 16.9 Å². The maximum atomic E-state index is 12.2. The summed E-state index contributed by atoms with van der Waals surface area (Å²) in [4.78, 5) is 18.3. The van der Waals surface area contributed by atoms with Crippen molar-refractivity contribution in [3.8, 4) is 6.07 Å². The first-order valence-corrected chi connectivity index (χ1v) is 8.69. The molecule has 0 aliphatic carbocycles. The van der Waals surface area contributed by atoms with Gasteiger partial charge >= 0.3 is 0 Å². The van der Waals surface area contributed by atoms with E-state index in [9.17, 15) is 10.1 Å². The van der Waals surface area contributed by atoms with Crippen LogP contribution in [0.4, 0.5) is 10.8 Å². The molecule has 6 heteroatoms. The van der Waals surface area contributed by atoms with E-state index in [2.05, 4.69) is 41.2 Å². The minimum Gasteiger partial charge on any atom is -0.347 e. The quantitative estimate of drug-likeness (QED) is 0.674. The number of rotatable bonds is 3. The summed E-state index contributed by atoms with van der Waals surface area (Å²) in [5, 5.41) is 14.2. The van der Waals surface area contributed by atoms with Gasteiger partial charge in [-0.15, -0.1) is 11.3 Å². The fourth-order valence-corrected chi connectivity index (χ4v) is 3.60. The van der Waals surface area contributed by atoms with Gasteiger partial charge in [-0.3, -0.25) is 10.1 Å². The first-order chi connectivity index (χ1) is 11.9. The predicted octanol–water partition coefficient (Wildman–Crippen LogP) is 3.84. The van der Waals surface area contributed by atoms with Crippen LogP contribution in [-0.2, 0) is 10.2 Å². The molecule has 0 atom stereocenters. The highest BCUT2D eigenvalue weighted by Crippen LogP contribution is 2.46. The summed E-state index contributed by atoms with van der Waals surface area (Å²) in [6.45, 7) is 4.27. The number of nitrogens with zero attached hydrogens (tertiary/aromatic N) is 3. The van der Waals surface area contributed by atoms with E-state index in [1.807, 2.05) is 31.3 Å². The average molecular weight is 350 g/mol. The highest BCUT2D eigenvalue weighted by Gasteiger charge is 2.37. The SMILES string of the molecule is CN1/C(=C\C=C(/C#N)C(=O)Nc2nccs2)C(C)(C)c2ccccc21. The number of nitrogens with one attached hydrogen (secondary N) is 1. The molecule has 126 valence electrons. The lowest BCUT2D eigenvalue weighted by Crippen LogP contribution is -2.22. The predicted molar refractivity (Wildman–Crippen MR) is 100 cm³/mol. The number of anilines is 2. The first-order valence-electron chi connectivity index (χ1n) is 7.82. The number of thiazole rings is 1. The molecule has 0 unspecified atom stereocenters. The van der Waals surface area contributed by atoms with Gasteiger partial charge in [0.25, 0.3) is 5.91 Å². The summed E-state index contributed by atoms with van der Waals surface area (Å²) in [6.07, 6.45) is 5.02. The molecule has 1 N–H and O–H groups in total. The van der Waals surface area contributed by atoms with Crippen LogP contribution in [-0.4, -0.2) is 17.9 Å². The molecule has 25 heavy (non-hydrogen) atoms. The lowest BCUT2D eigenvalue weighted by molar-refractivity contribution is -0.112. The minimum atomic E-state index is -0.453. The molecular weight excluding hydrogens is 332 g/mol. The zero-order valence-corrected chi connectivity index (χ0v) is 15.1. The number of benzene rings is 1. The maximum Gasteiger partial charge on any atom is 0.268 e. The topological polar surface area (TPSA) is 69.0 Å². The van der Waals surface area contributed by atoms with Crippen molar-refractivity contribution in [2.24, 2.45) is 0 Å². The molecule has 0 spiro atoms. The molecule has 2 heterocycles. The summed E-state index contributed by atoms with van der Waals surface area (Å²) in [7, 11) is 1.99. The molecule has 5 nitrogen and oxygen atoms in total. The van der Waals surface area contributed by atoms with E-state index in [4.69, 9.17) is 0 Å². The number of aromatic nitrogens is 1. The summed E-state index contributed by atoms with van der Waals surface area (Å²) < 4.78 is 0. The van der Waals surface area contributed by atoms with Crippen molar-refractivity contribution in [3.05, 3.63) is 64.8 Å². The number of amides is 1. The largest absolute Gasteiger partial charge is 0.347 e. The van der Waals surface area contributed by atoms with E-state index in [0.717, 1.165) is 11.4 Å². The zero-order valence-electron chi connectivity index (χ0n) is 14.3. The third kappa shape index (κ3) is 3.06. The molecule has 1 aromatic heterocycles. The Hall–Kier alpha value is -2.91. The number of allylic oxidation sites excluding steroid dienone is 3. The molecule has 0 radical (unpaired) electrons. The molecule has 1 aliphatic rings. The average Bonchev–Trinajstić information content (AvgIpc) is 3.16. The van der Waals surface area contributed by atoms with Crippen molar-refractivity contribution >= 4 is 28.1 Å². The highest BCUT2D eigenvalue weighted by molar-refractivity contribution is 7.13. The van der Waals surface area contributed by atoms with Gasteiger partial charge in [-0.05, 0) is 23.8 Å². The molecule has 1 amide bonds. The van der Waals surface area contributed by atoms with Crippen molar-refractivity contribution in [2.75, 3.05) is 17.3 Å². The molecule has 3 rings (SSSR count). The standard InChI is InChI=1S/C19H18N4OS/c1-19(2)14-6-4-5-7-15(14)23(3)16(19)9-8-13(12-20)17(24)22-18-21-10-11-25-18/h4-11H,1-3H3,(H,21,22,24)/b13-8+,16-9-. The second-order valence-corrected chi connectivity index (χ2v) is 7.13. The van der Waals surface area contributed by atoms with Gasteiger partial charge in [0, 0.05) is 35.4 Å². The number of fused-ring (bicyclic) bond motifs is 1. The van der Waals surface area contributed by atoms with E-state index in [1.54, 1.807) is 17.7 Å². The Morgan fingerprint density at radius 2 is 2.16 bits per heavy atom. The molecule has 0 saturated carbocycles. The lowest BCUT2D eigenvalue weighted by atomic mass is 9.83. The Morgan fingerprint density at radius 3 is 2.80 bits per heavy atom. The Bertz CT molecular complexity index is 904. The van der Waals surface area contributed by atoms with Gasteiger partial charge in [-0.2, -0.15) is 5.26 Å². The second kappa shape index (κ2) is 6.54. The van der Waals surface area contributed by atoms with Crippen molar-refractivity contribution in [1.82, 2.24) is 4.98 Å². The van der Waals surface area contributed by atoms with Gasteiger partial charge in [-0.1, -0.05) is 32.0 Å². The van der Waals surface area contributed by atoms with Crippen molar-refractivity contribution in [3.63, 3.8) is 0 Å². The van der Waals surface area contributed by atoms with E-state index < -0.39 is 5.91 Å². The molecule has 1 aliphatic heterocycles. The number of carbonyl (C=O) groups is 1. The normalized spacial score (nSPS) is 17.3. The van der Waals surface area contributed by atoms with Gasteiger partial charge in [0.15, 0.2) is 5.13 Å². The molecule has 0 bridgehead atoms. The molecule has 1 aromatic carbocycles. The number of hydrogen-bond donors (Lipinski definition) is 1. The van der Waals surface area contributed by atoms with Crippen molar-refractivity contribution < 1.29 is 4.79 Å². The minimum absolute atomic E-state index is 0.0443. The van der Waals surface area contributed by atoms with Gasteiger partial charge in [0.05, 0.1) is 0 Å². The van der Waals surface area contributed by atoms with Crippen LogP contribution in [0, 0.1) is 11.3 Å². The monoisotopic (exact) mass is 350 g/mol. The fourth-order valence-electron chi connectivity index (χ4n) is 3.08. The Labute approximate surface area is 150 Å². The summed E-state index contributed by atoms with van der Waals surface area (Å²) in [5.41, 5.74) is 3.24. The third-order valence-corrected chi connectivity index (χ3v) is 5.05. The molecule has 0 saturated heterocycles. The van der Waals surface area contributed by atoms with Crippen LogP contribution in [0.1, 0.15) is 19.4 Å². The molecule has 0 fully saturated rings. The van der Waals surface area contributed by atoms with Crippen LogP contribution < -0.4 is 10.2 Å². The summed E-state index contributed by atoms with van der Waals surface area (Å²) in [5.74, 6) is -0.453. The van der Waals surface area contributed by atoms with Crippen LogP contribution in [0.15, 0.2) is 59.3 Å². The van der Waals surface area contributed by atoms with Gasteiger partial charge in [0.1, 0.15) is 11.6 Å². The Kier molecular flexibility index (Phi) is 4.43. The third-order valence-electron chi connectivity index (χ3n) is 4.37. The number of likely N-dealkylation sites (N-methyl/N-ethyl adjacent to an activating group) is 1. The van der Waals surface area contributed by atoms with Gasteiger partial charge < -0.3 is 4.90 Å². The molecule has 2 aromatic rings. The summed E-state index contributed by atoms with van der Waals surface area (Å²) in [6, 6.07) is 10.2. The van der Waals surface area contributed by atoms with Crippen LogP contribution >= 0.6 is 11.3 Å². The Balaban J connectivity index is 1.90. The number of carbonyl (C=O) groups excluding carboxylic acids is 1. The van der Waals surface area contributed by atoms with Gasteiger partial charge in [-0.25, -0.2) is 4.98 Å². The zero-order chi connectivity index (χ0) is 18.0. The Morgan fingerprint density at radius 1 is 1.40 bits per heavy atom. The van der Waals surface area contributed by atoms with Crippen LogP contribution in [0.2, 0.25) is 0 Å². The van der Waals surface area contributed by atoms with Crippen LogP contribution in [0.5, 0.6) is 0 Å². The molecular formula is C19H18N4OS. The van der Waals surface area contributed by atoms with Crippen LogP contribution in [0.25, 0.3) is 0 Å². The van der Waals surface area contributed by atoms with E-state index in [0.29, 0.717) is 5.13 Å². The van der Waals surface area contributed by atoms with E-state index >= 15 is 0 Å². The number of para-hydroxylation sites is 1. The van der Waals surface area contributed by atoms with Gasteiger partial charge in [0.2, 0.25) is 0 Å². The smallest absolute Gasteiger partial charge is 0.268 e. The lowest BCUT2D eigenvalue weighted by Gasteiger charge is -2.23. The number of nitriles is 1. The first kappa shape index (κ1) is 16.9. The van der Waals surface area contributed by atoms with Crippen LogP contribution in [0.3, 0.4) is 0 Å². The maximum absolute atomic E-state index is 12.2. The highest BCUT2D eigenvalue weighted by atomic mass is 32.1. The summed E-state index contributed by atoms with van der Waals surface area (Å²) >= 11 is 1.31. The number of hydrogen-bond acceptors (Lipinski definition) is 5. The second-order valence-electron chi connectivity index (χ2n) is 6.24. The van der Waals surface area contributed by atoms with Crippen molar-refractivity contribution in [2.45, 2.75) is 19.3 Å².